The first-order valence-corrected chi connectivity index (χ1v) is 6.72. The van der Waals surface area contributed by atoms with Gasteiger partial charge in [0.1, 0.15) is 17.2 Å². The Morgan fingerprint density at radius 2 is 1.72 bits per heavy atom. The summed E-state index contributed by atoms with van der Waals surface area (Å²) in [5, 5.41) is 0. The molecule has 2 aromatic carbocycles. The molecule has 0 radical (unpaired) electrons. The molecule has 0 fully saturated rings. The molecule has 2 N–H and O–H groups in total. The Bertz CT molecular complexity index is 526. The highest BCUT2D eigenvalue weighted by Crippen LogP contribution is 2.29. The van der Waals surface area contributed by atoms with Crippen LogP contribution in [0.5, 0.6) is 17.2 Å². The minimum absolute atomic E-state index is 0.635. The van der Waals surface area contributed by atoms with E-state index in [1.54, 1.807) is 0 Å². The molecule has 2 aromatic rings. The lowest BCUT2D eigenvalue weighted by atomic mass is 10.3. The first-order chi connectivity index (χ1) is 8.69. The van der Waals surface area contributed by atoms with Gasteiger partial charge in [-0.05, 0) is 72.0 Å². The van der Waals surface area contributed by atoms with Crippen molar-refractivity contribution in [2.75, 3.05) is 12.3 Å². The minimum atomic E-state index is 0.635. The molecule has 18 heavy (non-hydrogen) atoms. The fraction of sp³-hybridized carbons (Fsp3) is 0.143. The van der Waals surface area contributed by atoms with Gasteiger partial charge in [-0.25, -0.2) is 0 Å². The number of nitrogens with two attached hydrogens (primary N) is 1. The molecule has 4 heteroatoms. The molecule has 0 bridgehead atoms. The van der Waals surface area contributed by atoms with Crippen molar-refractivity contribution < 1.29 is 9.47 Å². The Labute approximate surface area is 120 Å². The van der Waals surface area contributed by atoms with E-state index >= 15 is 0 Å². The van der Waals surface area contributed by atoms with Crippen molar-refractivity contribution in [3.8, 4) is 17.2 Å². The summed E-state index contributed by atoms with van der Waals surface area (Å²) < 4.78 is 12.2. The first kappa shape index (κ1) is 13.0. The van der Waals surface area contributed by atoms with E-state index in [0.29, 0.717) is 18.0 Å². The van der Waals surface area contributed by atoms with Crippen molar-refractivity contribution in [1.29, 1.82) is 0 Å². The summed E-state index contributed by atoms with van der Waals surface area (Å²) in [6.45, 7) is 2.61. The highest BCUT2D eigenvalue weighted by Gasteiger charge is 2.03. The Balaban J connectivity index is 2.13. The summed E-state index contributed by atoms with van der Waals surface area (Å²) >= 11 is 2.21. The van der Waals surface area contributed by atoms with Crippen molar-refractivity contribution in [2.45, 2.75) is 6.92 Å². The number of nitrogen functional groups attached to an aromatic ring is 1. The van der Waals surface area contributed by atoms with Gasteiger partial charge in [0.05, 0.1) is 12.3 Å². The fourth-order valence-corrected chi connectivity index (χ4v) is 2.03. The van der Waals surface area contributed by atoms with Gasteiger partial charge in [-0.2, -0.15) is 0 Å². The van der Waals surface area contributed by atoms with Crippen LogP contribution in [-0.2, 0) is 0 Å². The Morgan fingerprint density at radius 1 is 1.06 bits per heavy atom. The maximum Gasteiger partial charge on any atom is 0.150 e. The zero-order valence-electron chi connectivity index (χ0n) is 10.0. The molecule has 2 rings (SSSR count). The molecule has 0 amide bonds. The van der Waals surface area contributed by atoms with Crippen molar-refractivity contribution in [3.05, 3.63) is 46.0 Å². The smallest absolute Gasteiger partial charge is 0.150 e. The minimum Gasteiger partial charge on any atom is -0.494 e. The van der Waals surface area contributed by atoms with Crippen molar-refractivity contribution in [2.24, 2.45) is 0 Å². The summed E-state index contributed by atoms with van der Waals surface area (Å²) in [5.41, 5.74) is 6.53. The third-order valence-electron chi connectivity index (χ3n) is 2.33. The second kappa shape index (κ2) is 5.95. The van der Waals surface area contributed by atoms with Gasteiger partial charge < -0.3 is 15.2 Å². The monoisotopic (exact) mass is 355 g/mol. The van der Waals surface area contributed by atoms with Gasteiger partial charge in [0.2, 0.25) is 0 Å². The van der Waals surface area contributed by atoms with Gasteiger partial charge in [0.15, 0.2) is 0 Å². The number of halogens is 1. The number of rotatable bonds is 4. The maximum atomic E-state index is 5.89. The maximum absolute atomic E-state index is 5.89. The number of benzene rings is 2. The molecule has 0 saturated carbocycles. The van der Waals surface area contributed by atoms with Crippen molar-refractivity contribution in [3.63, 3.8) is 0 Å². The van der Waals surface area contributed by atoms with Gasteiger partial charge in [0.25, 0.3) is 0 Å². The zero-order chi connectivity index (χ0) is 13.0. The summed E-state index contributed by atoms with van der Waals surface area (Å²) in [4.78, 5) is 0. The van der Waals surface area contributed by atoms with E-state index in [-0.39, 0.29) is 0 Å². The molecular weight excluding hydrogens is 341 g/mol. The van der Waals surface area contributed by atoms with E-state index in [9.17, 15) is 0 Å². The van der Waals surface area contributed by atoms with E-state index in [1.807, 2.05) is 49.4 Å². The van der Waals surface area contributed by atoms with Crippen LogP contribution in [0, 0.1) is 3.57 Å². The lowest BCUT2D eigenvalue weighted by molar-refractivity contribution is 0.339. The van der Waals surface area contributed by atoms with Crippen LogP contribution in [-0.4, -0.2) is 6.61 Å². The van der Waals surface area contributed by atoms with Crippen molar-refractivity contribution >= 4 is 28.3 Å². The summed E-state index contributed by atoms with van der Waals surface area (Å²) in [7, 11) is 0. The molecule has 3 nitrogen and oxygen atoms in total. The first-order valence-electron chi connectivity index (χ1n) is 5.65. The number of anilines is 1. The van der Waals surface area contributed by atoms with E-state index in [4.69, 9.17) is 15.2 Å². The predicted octanol–water partition coefficient (Wildman–Crippen LogP) is 4.06. The topological polar surface area (TPSA) is 44.5 Å². The summed E-state index contributed by atoms with van der Waals surface area (Å²) in [6, 6.07) is 13.2. The molecule has 0 unspecified atom stereocenters. The second-order valence-corrected chi connectivity index (χ2v) is 4.93. The predicted molar refractivity (Wildman–Crippen MR) is 81.3 cm³/mol. The number of hydrogen-bond acceptors (Lipinski definition) is 3. The highest BCUT2D eigenvalue weighted by molar-refractivity contribution is 14.1. The second-order valence-electron chi connectivity index (χ2n) is 3.69. The molecule has 0 aliphatic heterocycles. The number of hydrogen-bond donors (Lipinski definition) is 1. The molecule has 0 spiro atoms. The Kier molecular flexibility index (Phi) is 4.30. The van der Waals surface area contributed by atoms with E-state index < -0.39 is 0 Å². The fourth-order valence-electron chi connectivity index (χ4n) is 1.51. The third kappa shape index (κ3) is 3.29. The molecular formula is C14H14INO2. The van der Waals surface area contributed by atoms with Crippen LogP contribution in [0.4, 0.5) is 5.69 Å². The summed E-state index contributed by atoms with van der Waals surface area (Å²) in [6.07, 6.45) is 0. The van der Waals surface area contributed by atoms with Gasteiger partial charge in [0, 0.05) is 3.57 Å². The van der Waals surface area contributed by atoms with Gasteiger partial charge in [-0.1, -0.05) is 0 Å². The standard InChI is InChI=1S/C14H14INO2/c1-2-17-11-4-6-12(7-5-11)18-14-8-3-10(15)9-13(14)16/h3-9H,2,16H2,1H3. The average molecular weight is 355 g/mol. The molecule has 94 valence electrons. The van der Waals surface area contributed by atoms with Crippen LogP contribution in [0.15, 0.2) is 42.5 Å². The molecule has 0 heterocycles. The van der Waals surface area contributed by atoms with E-state index in [1.165, 1.54) is 0 Å². The SMILES string of the molecule is CCOc1ccc(Oc2ccc(I)cc2N)cc1. The summed E-state index contributed by atoms with van der Waals surface area (Å²) in [5.74, 6) is 2.24. The van der Waals surface area contributed by atoms with Crippen LogP contribution in [0.2, 0.25) is 0 Å². The molecule has 0 aliphatic carbocycles. The Hall–Kier alpha value is -1.43. The van der Waals surface area contributed by atoms with Gasteiger partial charge in [-0.3, -0.25) is 0 Å². The zero-order valence-corrected chi connectivity index (χ0v) is 12.2. The quantitative estimate of drug-likeness (QED) is 0.664. The average Bonchev–Trinajstić information content (AvgIpc) is 2.35. The third-order valence-corrected chi connectivity index (χ3v) is 3.01. The van der Waals surface area contributed by atoms with Gasteiger partial charge >= 0.3 is 0 Å². The van der Waals surface area contributed by atoms with Crippen LogP contribution in [0.1, 0.15) is 6.92 Å². The van der Waals surface area contributed by atoms with E-state index in [0.717, 1.165) is 15.1 Å². The van der Waals surface area contributed by atoms with Gasteiger partial charge in [-0.15, -0.1) is 0 Å². The lowest BCUT2D eigenvalue weighted by Gasteiger charge is -2.09. The lowest BCUT2D eigenvalue weighted by Crippen LogP contribution is -1.93. The van der Waals surface area contributed by atoms with Crippen LogP contribution in [0.25, 0.3) is 0 Å². The largest absolute Gasteiger partial charge is 0.494 e. The highest BCUT2D eigenvalue weighted by atomic mass is 127. The number of ether oxygens (including phenoxy) is 2. The molecule has 0 atom stereocenters. The van der Waals surface area contributed by atoms with Crippen molar-refractivity contribution in [1.82, 2.24) is 0 Å². The van der Waals surface area contributed by atoms with Crippen LogP contribution < -0.4 is 15.2 Å². The van der Waals surface area contributed by atoms with Crippen LogP contribution >= 0.6 is 22.6 Å². The van der Waals surface area contributed by atoms with Crippen LogP contribution in [0.3, 0.4) is 0 Å². The van der Waals surface area contributed by atoms with E-state index in [2.05, 4.69) is 22.6 Å². The molecule has 0 saturated heterocycles. The molecule has 0 aliphatic rings. The normalized spacial score (nSPS) is 10.1. The Morgan fingerprint density at radius 3 is 2.33 bits per heavy atom. The molecule has 0 aromatic heterocycles.